The number of benzene rings is 3. The summed E-state index contributed by atoms with van der Waals surface area (Å²) in [6, 6.07) is 21.6. The number of carbonyl (C=O) groups excluding carboxylic acids is 1. The molecule has 0 saturated carbocycles. The number of allylic oxidation sites excluding steroid dienone is 1. The summed E-state index contributed by atoms with van der Waals surface area (Å²) in [6.07, 6.45) is 0. The fourth-order valence-corrected chi connectivity index (χ4v) is 4.40. The van der Waals surface area contributed by atoms with Crippen LogP contribution in [0.2, 0.25) is 10.0 Å². The van der Waals surface area contributed by atoms with Gasteiger partial charge in [-0.05, 0) is 61.4 Å². The second kappa shape index (κ2) is 8.97. The number of rotatable bonds is 4. The molecule has 170 valence electrons. The van der Waals surface area contributed by atoms with Gasteiger partial charge in [0, 0.05) is 21.3 Å². The minimum absolute atomic E-state index is 0.249. The molecule has 1 aliphatic heterocycles. The van der Waals surface area contributed by atoms with Gasteiger partial charge in [-0.2, -0.15) is 4.98 Å². The summed E-state index contributed by atoms with van der Waals surface area (Å²) in [5.74, 6) is 0.719. The van der Waals surface area contributed by atoms with Crippen LogP contribution in [0, 0.1) is 6.92 Å². The lowest BCUT2D eigenvalue weighted by atomic mass is 9.94. The number of amides is 2. The molecule has 1 N–H and O–H groups in total. The highest BCUT2D eigenvalue weighted by molar-refractivity contribution is 6.31. The van der Waals surface area contributed by atoms with Crippen LogP contribution in [0.25, 0.3) is 17.0 Å². The standard InChI is InChI=1S/C26H20Cl2N4O2/c1-15-5-3-8-21(13-15)32-16(2)22(23(29-26(32)33)17-9-11-19(27)12-10-17)25-30-24(31-34-25)18-6-4-7-20(28)14-18/h3-14,23H,1-2H3,(H,29,33). The molecular weight excluding hydrogens is 471 g/mol. The van der Waals surface area contributed by atoms with E-state index in [1.54, 1.807) is 29.2 Å². The van der Waals surface area contributed by atoms with Gasteiger partial charge in [0.05, 0.1) is 17.3 Å². The van der Waals surface area contributed by atoms with E-state index in [1.807, 2.05) is 62.4 Å². The molecule has 34 heavy (non-hydrogen) atoms. The molecule has 1 aromatic heterocycles. The summed E-state index contributed by atoms with van der Waals surface area (Å²) >= 11 is 12.2. The zero-order chi connectivity index (χ0) is 23.8. The lowest BCUT2D eigenvalue weighted by molar-refractivity contribution is 0.244. The predicted molar refractivity (Wildman–Crippen MR) is 134 cm³/mol. The quantitative estimate of drug-likeness (QED) is 0.332. The summed E-state index contributed by atoms with van der Waals surface area (Å²) < 4.78 is 5.72. The van der Waals surface area contributed by atoms with Crippen LogP contribution in [-0.2, 0) is 0 Å². The Kier molecular flexibility index (Phi) is 5.86. The van der Waals surface area contributed by atoms with E-state index in [1.165, 1.54) is 0 Å². The number of aromatic nitrogens is 2. The largest absolute Gasteiger partial charge is 0.334 e. The maximum atomic E-state index is 13.3. The van der Waals surface area contributed by atoms with Crippen LogP contribution in [0.4, 0.5) is 10.5 Å². The average Bonchev–Trinajstić information content (AvgIpc) is 3.29. The molecule has 2 amide bonds. The van der Waals surface area contributed by atoms with Crippen molar-refractivity contribution in [2.75, 3.05) is 4.90 Å². The summed E-state index contributed by atoms with van der Waals surface area (Å²) in [5, 5.41) is 8.46. The van der Waals surface area contributed by atoms with E-state index in [4.69, 9.17) is 27.7 Å². The van der Waals surface area contributed by atoms with E-state index in [2.05, 4.69) is 15.5 Å². The minimum Gasteiger partial charge on any atom is -0.334 e. The Morgan fingerprint density at radius 1 is 0.941 bits per heavy atom. The number of urea groups is 1. The summed E-state index contributed by atoms with van der Waals surface area (Å²) in [4.78, 5) is 19.6. The van der Waals surface area contributed by atoms with Gasteiger partial charge < -0.3 is 9.84 Å². The first-order valence-corrected chi connectivity index (χ1v) is 11.4. The Balaban J connectivity index is 1.66. The van der Waals surface area contributed by atoms with Crippen molar-refractivity contribution in [3.05, 3.63) is 106 Å². The highest BCUT2D eigenvalue weighted by Gasteiger charge is 2.36. The summed E-state index contributed by atoms with van der Waals surface area (Å²) in [6.45, 7) is 3.86. The van der Waals surface area contributed by atoms with Crippen molar-refractivity contribution in [3.8, 4) is 11.4 Å². The maximum Gasteiger partial charge on any atom is 0.326 e. The van der Waals surface area contributed by atoms with E-state index in [0.29, 0.717) is 33.0 Å². The molecule has 2 heterocycles. The molecule has 1 unspecified atom stereocenters. The van der Waals surface area contributed by atoms with Crippen molar-refractivity contribution in [1.29, 1.82) is 0 Å². The fourth-order valence-electron chi connectivity index (χ4n) is 4.08. The smallest absolute Gasteiger partial charge is 0.326 e. The summed E-state index contributed by atoms with van der Waals surface area (Å²) in [5.41, 5.74) is 4.76. The van der Waals surface area contributed by atoms with E-state index >= 15 is 0 Å². The van der Waals surface area contributed by atoms with Crippen molar-refractivity contribution >= 4 is 40.5 Å². The molecule has 0 saturated heterocycles. The van der Waals surface area contributed by atoms with Gasteiger partial charge >= 0.3 is 6.03 Å². The van der Waals surface area contributed by atoms with Crippen LogP contribution >= 0.6 is 23.2 Å². The Bertz CT molecular complexity index is 1410. The maximum absolute atomic E-state index is 13.3. The van der Waals surface area contributed by atoms with E-state index < -0.39 is 6.04 Å². The second-order valence-electron chi connectivity index (χ2n) is 8.04. The van der Waals surface area contributed by atoms with Crippen LogP contribution in [0.1, 0.15) is 30.0 Å². The molecule has 3 aromatic carbocycles. The Labute approximate surface area is 206 Å². The van der Waals surface area contributed by atoms with Crippen molar-refractivity contribution < 1.29 is 9.32 Å². The molecule has 0 spiro atoms. The number of halogens is 2. The predicted octanol–water partition coefficient (Wildman–Crippen LogP) is 7.05. The summed E-state index contributed by atoms with van der Waals surface area (Å²) in [7, 11) is 0. The third kappa shape index (κ3) is 4.18. The van der Waals surface area contributed by atoms with Gasteiger partial charge in [-0.15, -0.1) is 0 Å². The van der Waals surface area contributed by atoms with Gasteiger partial charge in [0.2, 0.25) is 5.82 Å². The first-order valence-electron chi connectivity index (χ1n) is 10.6. The normalized spacial score (nSPS) is 16.1. The molecule has 5 rings (SSSR count). The number of hydrogen-bond acceptors (Lipinski definition) is 4. The van der Waals surface area contributed by atoms with Crippen molar-refractivity contribution in [2.24, 2.45) is 0 Å². The highest BCUT2D eigenvalue weighted by Crippen LogP contribution is 2.39. The SMILES string of the molecule is CC1=C(c2nc(-c3cccc(Cl)c3)no2)C(c2ccc(Cl)cc2)NC(=O)N1c1cccc(C)c1. The van der Waals surface area contributed by atoms with Crippen LogP contribution in [0.3, 0.4) is 0 Å². The number of hydrogen-bond donors (Lipinski definition) is 1. The van der Waals surface area contributed by atoms with Crippen LogP contribution in [-0.4, -0.2) is 16.2 Å². The van der Waals surface area contributed by atoms with E-state index in [0.717, 1.165) is 22.4 Å². The molecule has 6 nitrogen and oxygen atoms in total. The molecule has 0 bridgehead atoms. The molecule has 1 aliphatic rings. The number of anilines is 1. The molecule has 0 radical (unpaired) electrons. The van der Waals surface area contributed by atoms with Gasteiger partial charge in [-0.1, -0.05) is 64.8 Å². The highest BCUT2D eigenvalue weighted by atomic mass is 35.5. The van der Waals surface area contributed by atoms with Crippen LogP contribution in [0.15, 0.2) is 83.0 Å². The molecular formula is C26H20Cl2N4O2. The lowest BCUT2D eigenvalue weighted by Crippen LogP contribution is -2.46. The van der Waals surface area contributed by atoms with Crippen molar-refractivity contribution in [3.63, 3.8) is 0 Å². The molecule has 1 atom stereocenters. The zero-order valence-corrected chi connectivity index (χ0v) is 19.9. The van der Waals surface area contributed by atoms with Crippen molar-refractivity contribution in [2.45, 2.75) is 19.9 Å². The monoisotopic (exact) mass is 490 g/mol. The lowest BCUT2D eigenvalue weighted by Gasteiger charge is -2.35. The third-order valence-electron chi connectivity index (χ3n) is 5.69. The molecule has 0 aliphatic carbocycles. The van der Waals surface area contributed by atoms with Crippen LogP contribution in [0.5, 0.6) is 0 Å². The third-order valence-corrected chi connectivity index (χ3v) is 6.17. The molecule has 4 aromatic rings. The van der Waals surface area contributed by atoms with Gasteiger partial charge in [0.15, 0.2) is 0 Å². The zero-order valence-electron chi connectivity index (χ0n) is 18.4. The van der Waals surface area contributed by atoms with E-state index in [-0.39, 0.29) is 6.03 Å². The minimum atomic E-state index is -0.501. The van der Waals surface area contributed by atoms with Gasteiger partial charge in [0.1, 0.15) is 0 Å². The number of nitrogens with one attached hydrogen (secondary N) is 1. The van der Waals surface area contributed by atoms with Gasteiger partial charge in [0.25, 0.3) is 5.89 Å². The molecule has 0 fully saturated rings. The Morgan fingerprint density at radius 3 is 2.44 bits per heavy atom. The molecule has 8 heteroatoms. The average molecular weight is 491 g/mol. The van der Waals surface area contributed by atoms with Gasteiger partial charge in [-0.25, -0.2) is 4.79 Å². The first-order chi connectivity index (χ1) is 16.4. The number of aryl methyl sites for hydroxylation is 1. The number of carbonyl (C=O) groups is 1. The fraction of sp³-hybridized carbons (Fsp3) is 0.115. The Hall–Kier alpha value is -3.61. The van der Waals surface area contributed by atoms with Gasteiger partial charge in [-0.3, -0.25) is 4.90 Å². The topological polar surface area (TPSA) is 71.3 Å². The number of nitrogens with zero attached hydrogens (tertiary/aromatic N) is 3. The van der Waals surface area contributed by atoms with Crippen LogP contribution < -0.4 is 10.2 Å². The Morgan fingerprint density at radius 2 is 1.71 bits per heavy atom. The van der Waals surface area contributed by atoms with E-state index in [9.17, 15) is 4.79 Å². The van der Waals surface area contributed by atoms with Crippen molar-refractivity contribution in [1.82, 2.24) is 15.5 Å². The second-order valence-corrected chi connectivity index (χ2v) is 8.91. The first kappa shape index (κ1) is 22.2.